The zero-order chi connectivity index (χ0) is 25.0. The summed E-state index contributed by atoms with van der Waals surface area (Å²) in [6, 6.07) is 20.8. The van der Waals surface area contributed by atoms with E-state index in [9.17, 15) is 4.79 Å². The first-order chi connectivity index (χ1) is 17.6. The molecule has 1 saturated carbocycles. The summed E-state index contributed by atoms with van der Waals surface area (Å²) in [5, 5.41) is 3.20. The standard InChI is InChI=1S/C31H38N4O/c1-3-26-27(29(36)32-21-24-14-6-4-7-15-24)28(34-30(33-26)35-20-12-13-23(2)22-35)31(18-10-11-19-31)25-16-8-5-9-17-25/h4-9,14-17,23H,3,10-13,18-22H2,1-2H3,(H,32,36). The van der Waals surface area contributed by atoms with Crippen LogP contribution in [0.4, 0.5) is 5.95 Å². The van der Waals surface area contributed by atoms with Crippen LogP contribution in [0.5, 0.6) is 0 Å². The number of hydrogen-bond donors (Lipinski definition) is 1. The van der Waals surface area contributed by atoms with Gasteiger partial charge in [-0.1, -0.05) is 87.4 Å². The smallest absolute Gasteiger partial charge is 0.255 e. The lowest BCUT2D eigenvalue weighted by Gasteiger charge is -2.35. The number of carbonyl (C=O) groups is 1. The molecule has 0 radical (unpaired) electrons. The minimum atomic E-state index is -0.260. The molecule has 1 amide bonds. The number of anilines is 1. The molecule has 1 unspecified atom stereocenters. The molecule has 3 aromatic rings. The highest BCUT2D eigenvalue weighted by molar-refractivity contribution is 5.97. The van der Waals surface area contributed by atoms with Crippen molar-refractivity contribution in [3.8, 4) is 0 Å². The molecule has 1 N–H and O–H groups in total. The van der Waals surface area contributed by atoms with Gasteiger partial charge in [0.25, 0.3) is 5.91 Å². The Morgan fingerprint density at radius 2 is 1.69 bits per heavy atom. The van der Waals surface area contributed by atoms with Crippen LogP contribution >= 0.6 is 0 Å². The molecule has 0 spiro atoms. The molecule has 5 nitrogen and oxygen atoms in total. The maximum absolute atomic E-state index is 13.9. The average Bonchev–Trinajstić information content (AvgIpc) is 3.43. The molecule has 0 bridgehead atoms. The molecule has 1 aliphatic heterocycles. The summed E-state index contributed by atoms with van der Waals surface area (Å²) in [7, 11) is 0. The van der Waals surface area contributed by atoms with Crippen LogP contribution < -0.4 is 10.2 Å². The first-order valence-electron chi connectivity index (χ1n) is 13.6. The van der Waals surface area contributed by atoms with Crippen LogP contribution in [-0.4, -0.2) is 29.0 Å². The third-order valence-corrected chi connectivity index (χ3v) is 8.01. The maximum atomic E-state index is 13.9. The van der Waals surface area contributed by atoms with E-state index in [0.717, 1.165) is 68.1 Å². The van der Waals surface area contributed by atoms with Crippen LogP contribution in [0.15, 0.2) is 60.7 Å². The predicted molar refractivity (Wildman–Crippen MR) is 145 cm³/mol. The largest absolute Gasteiger partial charge is 0.348 e. The number of benzene rings is 2. The van der Waals surface area contributed by atoms with Crippen molar-refractivity contribution in [2.75, 3.05) is 18.0 Å². The molecule has 1 saturated heterocycles. The number of hydrogen-bond acceptors (Lipinski definition) is 4. The van der Waals surface area contributed by atoms with Gasteiger partial charge in [0.2, 0.25) is 5.95 Å². The van der Waals surface area contributed by atoms with Crippen LogP contribution in [0.3, 0.4) is 0 Å². The van der Waals surface area contributed by atoms with Crippen LogP contribution in [0.25, 0.3) is 0 Å². The zero-order valence-electron chi connectivity index (χ0n) is 21.7. The molecular weight excluding hydrogens is 444 g/mol. The highest BCUT2D eigenvalue weighted by atomic mass is 16.1. The molecule has 1 aliphatic carbocycles. The number of amides is 1. The third-order valence-electron chi connectivity index (χ3n) is 8.01. The molecule has 1 aromatic heterocycles. The molecule has 36 heavy (non-hydrogen) atoms. The molecule has 188 valence electrons. The fraction of sp³-hybridized carbons (Fsp3) is 0.452. The topological polar surface area (TPSA) is 58.1 Å². The highest BCUT2D eigenvalue weighted by Gasteiger charge is 2.43. The summed E-state index contributed by atoms with van der Waals surface area (Å²) < 4.78 is 0. The quantitative estimate of drug-likeness (QED) is 0.444. The van der Waals surface area contributed by atoms with E-state index < -0.39 is 0 Å². The Bertz CT molecular complexity index is 1170. The van der Waals surface area contributed by atoms with Crippen molar-refractivity contribution in [3.05, 3.63) is 88.7 Å². The number of aromatic nitrogens is 2. The molecule has 2 aromatic carbocycles. The number of nitrogens with zero attached hydrogens (tertiary/aromatic N) is 3. The fourth-order valence-electron chi connectivity index (χ4n) is 6.11. The van der Waals surface area contributed by atoms with Gasteiger partial charge in [-0.3, -0.25) is 4.79 Å². The summed E-state index contributed by atoms with van der Waals surface area (Å²) in [5.74, 6) is 1.36. The summed E-state index contributed by atoms with van der Waals surface area (Å²) >= 11 is 0. The third kappa shape index (κ3) is 4.88. The number of carbonyl (C=O) groups excluding carboxylic acids is 1. The van der Waals surface area contributed by atoms with E-state index in [4.69, 9.17) is 9.97 Å². The first-order valence-corrected chi connectivity index (χ1v) is 13.6. The Labute approximate surface area is 215 Å². The van der Waals surface area contributed by atoms with Crippen LogP contribution in [-0.2, 0) is 18.4 Å². The monoisotopic (exact) mass is 482 g/mol. The van der Waals surface area contributed by atoms with Gasteiger partial charge in [-0.25, -0.2) is 9.97 Å². The van der Waals surface area contributed by atoms with Gasteiger partial charge >= 0.3 is 0 Å². The normalized spacial score (nSPS) is 19.3. The van der Waals surface area contributed by atoms with Gasteiger partial charge in [0.1, 0.15) is 0 Å². The molecule has 2 aliphatic rings. The number of piperidine rings is 1. The van der Waals surface area contributed by atoms with Gasteiger partial charge in [0, 0.05) is 25.0 Å². The molecule has 5 heteroatoms. The summed E-state index contributed by atoms with van der Waals surface area (Å²) in [6.07, 6.45) is 7.40. The number of nitrogens with one attached hydrogen (secondary N) is 1. The number of aryl methyl sites for hydroxylation is 1. The Kier molecular flexibility index (Phi) is 7.35. The fourth-order valence-corrected chi connectivity index (χ4v) is 6.11. The molecule has 5 rings (SSSR count). The summed E-state index contributed by atoms with van der Waals surface area (Å²) in [5.41, 5.74) is 4.57. The second-order valence-corrected chi connectivity index (χ2v) is 10.6. The minimum Gasteiger partial charge on any atom is -0.348 e. The average molecular weight is 483 g/mol. The second-order valence-electron chi connectivity index (χ2n) is 10.6. The van der Waals surface area contributed by atoms with Crippen molar-refractivity contribution in [2.45, 2.75) is 70.8 Å². The highest BCUT2D eigenvalue weighted by Crippen LogP contribution is 2.47. The molecule has 2 heterocycles. The first kappa shape index (κ1) is 24.5. The Morgan fingerprint density at radius 3 is 2.36 bits per heavy atom. The molecular formula is C31H38N4O. The van der Waals surface area contributed by atoms with Crippen molar-refractivity contribution in [1.29, 1.82) is 0 Å². The van der Waals surface area contributed by atoms with Crippen LogP contribution in [0.1, 0.15) is 85.2 Å². The zero-order valence-corrected chi connectivity index (χ0v) is 21.7. The lowest BCUT2D eigenvalue weighted by molar-refractivity contribution is 0.0946. The van der Waals surface area contributed by atoms with Crippen molar-refractivity contribution in [1.82, 2.24) is 15.3 Å². The van der Waals surface area contributed by atoms with E-state index in [2.05, 4.69) is 54.4 Å². The van der Waals surface area contributed by atoms with Gasteiger partial charge in [0.15, 0.2) is 0 Å². The van der Waals surface area contributed by atoms with E-state index >= 15 is 0 Å². The second kappa shape index (κ2) is 10.8. The number of rotatable bonds is 7. The van der Waals surface area contributed by atoms with Gasteiger partial charge in [-0.2, -0.15) is 0 Å². The minimum absolute atomic E-state index is 0.0635. The predicted octanol–water partition coefficient (Wildman–Crippen LogP) is 6.07. The van der Waals surface area contributed by atoms with Crippen molar-refractivity contribution < 1.29 is 4.79 Å². The Hall–Kier alpha value is -3.21. The van der Waals surface area contributed by atoms with Gasteiger partial charge < -0.3 is 10.2 Å². The van der Waals surface area contributed by atoms with E-state index in [1.807, 2.05) is 30.3 Å². The lowest BCUT2D eigenvalue weighted by Crippen LogP contribution is -2.38. The summed E-state index contributed by atoms with van der Waals surface area (Å²) in [6.45, 7) is 6.85. The molecule has 2 fully saturated rings. The van der Waals surface area contributed by atoms with E-state index in [1.54, 1.807) is 0 Å². The van der Waals surface area contributed by atoms with Crippen LogP contribution in [0, 0.1) is 5.92 Å². The molecule has 1 atom stereocenters. The Balaban J connectivity index is 1.62. The SMILES string of the molecule is CCc1nc(N2CCCC(C)C2)nc(C2(c3ccccc3)CCCC2)c1C(=O)NCc1ccccc1. The van der Waals surface area contributed by atoms with E-state index in [0.29, 0.717) is 24.4 Å². The van der Waals surface area contributed by atoms with Gasteiger partial charge in [-0.05, 0) is 49.1 Å². The van der Waals surface area contributed by atoms with Gasteiger partial charge in [0.05, 0.1) is 17.0 Å². The lowest BCUT2D eigenvalue weighted by atomic mass is 9.73. The maximum Gasteiger partial charge on any atom is 0.255 e. The van der Waals surface area contributed by atoms with Gasteiger partial charge in [-0.15, -0.1) is 0 Å². The van der Waals surface area contributed by atoms with Crippen LogP contribution in [0.2, 0.25) is 0 Å². The van der Waals surface area contributed by atoms with Crippen molar-refractivity contribution >= 4 is 11.9 Å². The Morgan fingerprint density at radius 1 is 1.00 bits per heavy atom. The van der Waals surface area contributed by atoms with Crippen molar-refractivity contribution in [2.24, 2.45) is 5.92 Å². The van der Waals surface area contributed by atoms with E-state index in [1.165, 1.54) is 12.0 Å². The van der Waals surface area contributed by atoms with Crippen molar-refractivity contribution in [3.63, 3.8) is 0 Å². The van der Waals surface area contributed by atoms with E-state index in [-0.39, 0.29) is 11.3 Å². The summed E-state index contributed by atoms with van der Waals surface area (Å²) in [4.78, 5) is 26.6.